The molecule has 0 spiro atoms. The average Bonchev–Trinajstić information content (AvgIpc) is 2.59. The molecule has 0 aliphatic heterocycles. The molecule has 2 aromatic rings. The van der Waals surface area contributed by atoms with Crippen LogP contribution in [-0.2, 0) is 6.54 Å². The Bertz CT molecular complexity index is 654. The van der Waals surface area contributed by atoms with E-state index in [1.165, 1.54) is 17.5 Å². The molecule has 0 aromatic heterocycles. The third kappa shape index (κ3) is 5.45. The summed E-state index contributed by atoms with van der Waals surface area (Å²) >= 11 is 0. The van der Waals surface area contributed by atoms with Crippen LogP contribution >= 0.6 is 0 Å². The second-order valence-corrected chi connectivity index (χ2v) is 6.78. The Morgan fingerprint density at radius 3 is 2.21 bits per heavy atom. The average molecular weight is 320 g/mol. The first-order chi connectivity index (χ1) is 11.6. The fraction of sp³-hybridized carbons (Fsp3) is 0.364. The van der Waals surface area contributed by atoms with Crippen LogP contribution in [-0.4, -0.2) is 19.0 Å². The van der Waals surface area contributed by atoms with E-state index in [4.69, 9.17) is 4.99 Å². The van der Waals surface area contributed by atoms with Crippen molar-refractivity contribution in [3.8, 4) is 0 Å². The molecule has 2 rings (SSSR count). The topological polar surface area (TPSA) is 24.7 Å². The molecule has 0 amide bonds. The summed E-state index contributed by atoms with van der Waals surface area (Å²) in [7, 11) is 0. The van der Waals surface area contributed by atoms with Crippen LogP contribution < -0.4 is 0 Å². The van der Waals surface area contributed by atoms with Crippen LogP contribution in [0.4, 0.5) is 0 Å². The van der Waals surface area contributed by atoms with Crippen molar-refractivity contribution in [1.29, 1.82) is 0 Å². The molecule has 0 aliphatic rings. The maximum atomic E-state index is 4.76. The molecule has 0 aliphatic carbocycles. The van der Waals surface area contributed by atoms with Gasteiger partial charge in [0.2, 0.25) is 0 Å². The molecule has 1 atom stereocenters. The smallest absolute Gasteiger partial charge is 0.0806 e. The Balaban J connectivity index is 2.14. The molecule has 2 nitrogen and oxygen atoms in total. The minimum atomic E-state index is 0.549. The third-order valence-electron chi connectivity index (χ3n) is 4.19. The van der Waals surface area contributed by atoms with E-state index in [9.17, 15) is 0 Å². The molecule has 24 heavy (non-hydrogen) atoms. The van der Waals surface area contributed by atoms with Crippen molar-refractivity contribution in [1.82, 2.24) is 0 Å². The number of nitrogens with zero attached hydrogens (tertiary/aromatic N) is 2. The van der Waals surface area contributed by atoms with Crippen molar-refractivity contribution >= 4 is 12.4 Å². The van der Waals surface area contributed by atoms with Crippen LogP contribution in [0.15, 0.2) is 64.6 Å². The van der Waals surface area contributed by atoms with Crippen LogP contribution in [0, 0.1) is 5.92 Å². The van der Waals surface area contributed by atoms with Gasteiger partial charge in [-0.2, -0.15) is 0 Å². The Kier molecular flexibility index (Phi) is 6.92. The first-order valence-electron chi connectivity index (χ1n) is 8.70. The molecule has 0 fully saturated rings. The van der Waals surface area contributed by atoms with E-state index in [-0.39, 0.29) is 0 Å². The van der Waals surface area contributed by atoms with Gasteiger partial charge in [-0.15, -0.1) is 0 Å². The van der Waals surface area contributed by atoms with E-state index in [1.807, 2.05) is 18.2 Å². The van der Waals surface area contributed by atoms with Crippen molar-refractivity contribution in [3.05, 3.63) is 71.3 Å². The first kappa shape index (κ1) is 18.1. The monoisotopic (exact) mass is 320 g/mol. The van der Waals surface area contributed by atoms with Crippen LogP contribution in [0.5, 0.6) is 0 Å². The quantitative estimate of drug-likeness (QED) is 0.572. The molecule has 0 bridgehead atoms. The molecular formula is C22H28N2. The summed E-state index contributed by atoms with van der Waals surface area (Å²) in [6.45, 7) is 11.7. The Morgan fingerprint density at radius 1 is 0.958 bits per heavy atom. The minimum Gasteiger partial charge on any atom is -0.295 e. The first-order valence-corrected chi connectivity index (χ1v) is 8.70. The molecule has 0 saturated heterocycles. The van der Waals surface area contributed by atoms with Gasteiger partial charge in [0, 0.05) is 0 Å². The van der Waals surface area contributed by atoms with Crippen LogP contribution in [0.1, 0.15) is 49.8 Å². The van der Waals surface area contributed by atoms with Crippen LogP contribution in [0.25, 0.3) is 0 Å². The van der Waals surface area contributed by atoms with Gasteiger partial charge in [-0.1, -0.05) is 75.4 Å². The Labute approximate surface area is 146 Å². The van der Waals surface area contributed by atoms with Gasteiger partial charge in [0.1, 0.15) is 0 Å². The summed E-state index contributed by atoms with van der Waals surface area (Å²) in [5, 5.41) is 0. The molecular weight excluding hydrogens is 292 g/mol. The van der Waals surface area contributed by atoms with Gasteiger partial charge in [-0.25, -0.2) is 0 Å². The molecule has 0 radical (unpaired) electrons. The highest BCUT2D eigenvalue weighted by molar-refractivity contribution is 6.02. The van der Waals surface area contributed by atoms with Gasteiger partial charge in [0.25, 0.3) is 0 Å². The molecule has 126 valence electrons. The molecule has 2 heteroatoms. The predicted octanol–water partition coefficient (Wildman–Crippen LogP) is 5.53. The fourth-order valence-electron chi connectivity index (χ4n) is 2.96. The zero-order valence-corrected chi connectivity index (χ0v) is 15.1. The van der Waals surface area contributed by atoms with Gasteiger partial charge in [-0.05, 0) is 41.7 Å². The van der Waals surface area contributed by atoms with Crippen LogP contribution in [0.2, 0.25) is 0 Å². The number of benzene rings is 2. The molecule has 0 heterocycles. The molecule has 2 aromatic carbocycles. The van der Waals surface area contributed by atoms with E-state index < -0.39 is 0 Å². The summed E-state index contributed by atoms with van der Waals surface area (Å²) in [6, 6.07) is 19.1. The van der Waals surface area contributed by atoms with Crippen LogP contribution in [0.3, 0.4) is 0 Å². The Hall–Kier alpha value is -2.22. The lowest BCUT2D eigenvalue weighted by Crippen LogP contribution is -2.07. The van der Waals surface area contributed by atoms with E-state index >= 15 is 0 Å². The van der Waals surface area contributed by atoms with Crippen molar-refractivity contribution in [2.75, 3.05) is 6.54 Å². The van der Waals surface area contributed by atoms with Crippen molar-refractivity contribution < 1.29 is 0 Å². The predicted molar refractivity (Wildman–Crippen MR) is 105 cm³/mol. The minimum absolute atomic E-state index is 0.549. The van der Waals surface area contributed by atoms with E-state index in [0.717, 1.165) is 11.3 Å². The SMILES string of the molecule is C=NCC(=NCc1ccccc1)c1ccc(C(C)CC(C)C)cc1. The second-order valence-electron chi connectivity index (χ2n) is 6.78. The standard InChI is InChI=1S/C22H28N2/c1-17(2)14-18(3)20-10-12-21(13-11-20)22(16-23-4)24-15-19-8-6-5-7-9-19/h5-13,17-18H,4,14-16H2,1-3H3. The molecule has 1 unspecified atom stereocenters. The zero-order chi connectivity index (χ0) is 17.4. The van der Waals surface area contributed by atoms with Gasteiger partial charge < -0.3 is 0 Å². The largest absolute Gasteiger partial charge is 0.295 e. The number of rotatable bonds is 8. The van der Waals surface area contributed by atoms with Crippen molar-refractivity contribution in [2.24, 2.45) is 15.9 Å². The maximum Gasteiger partial charge on any atom is 0.0806 e. The van der Waals surface area contributed by atoms with E-state index in [1.54, 1.807) is 0 Å². The third-order valence-corrected chi connectivity index (χ3v) is 4.19. The summed E-state index contributed by atoms with van der Waals surface area (Å²) in [4.78, 5) is 8.80. The fourth-order valence-corrected chi connectivity index (χ4v) is 2.96. The lowest BCUT2D eigenvalue weighted by atomic mass is 9.91. The normalized spacial score (nSPS) is 13.1. The maximum absolute atomic E-state index is 4.76. The highest BCUT2D eigenvalue weighted by Gasteiger charge is 2.09. The zero-order valence-electron chi connectivity index (χ0n) is 15.1. The highest BCUT2D eigenvalue weighted by atomic mass is 14.8. The number of hydrogen-bond donors (Lipinski definition) is 0. The summed E-state index contributed by atoms with van der Waals surface area (Å²) < 4.78 is 0. The van der Waals surface area contributed by atoms with Crippen molar-refractivity contribution in [3.63, 3.8) is 0 Å². The highest BCUT2D eigenvalue weighted by Crippen LogP contribution is 2.23. The van der Waals surface area contributed by atoms with E-state index in [0.29, 0.717) is 24.9 Å². The number of aliphatic imine (C=N–C) groups is 2. The summed E-state index contributed by atoms with van der Waals surface area (Å²) in [6.07, 6.45) is 1.21. The van der Waals surface area contributed by atoms with Crippen molar-refractivity contribution in [2.45, 2.75) is 39.7 Å². The Morgan fingerprint density at radius 2 is 1.62 bits per heavy atom. The van der Waals surface area contributed by atoms with E-state index in [2.05, 4.69) is 68.9 Å². The summed E-state index contributed by atoms with van der Waals surface area (Å²) in [5.74, 6) is 1.30. The second kappa shape index (κ2) is 9.17. The van der Waals surface area contributed by atoms with Gasteiger partial charge in [0.05, 0.1) is 18.8 Å². The van der Waals surface area contributed by atoms with Gasteiger partial charge >= 0.3 is 0 Å². The molecule has 0 N–H and O–H groups in total. The number of hydrogen-bond acceptors (Lipinski definition) is 2. The lowest BCUT2D eigenvalue weighted by Gasteiger charge is -2.15. The lowest BCUT2D eigenvalue weighted by molar-refractivity contribution is 0.524. The summed E-state index contributed by atoms with van der Waals surface area (Å²) in [5.41, 5.74) is 4.73. The molecule has 0 saturated carbocycles. The van der Waals surface area contributed by atoms with Gasteiger partial charge in [-0.3, -0.25) is 9.98 Å². The van der Waals surface area contributed by atoms with Gasteiger partial charge in [0.15, 0.2) is 0 Å².